The molecule has 0 saturated heterocycles. The molecule has 0 unspecified atom stereocenters. The summed E-state index contributed by atoms with van der Waals surface area (Å²) in [7, 11) is 0. The Kier molecular flexibility index (Phi) is 5.66. The highest BCUT2D eigenvalue weighted by molar-refractivity contribution is 6.35. The van der Waals surface area contributed by atoms with Crippen molar-refractivity contribution < 1.29 is 13.3 Å². The maximum absolute atomic E-state index is 9.92. The first kappa shape index (κ1) is 21.9. The van der Waals surface area contributed by atoms with E-state index in [4.69, 9.17) is 36.5 Å². The van der Waals surface area contributed by atoms with Crippen molar-refractivity contribution in [2.75, 3.05) is 0 Å². The highest BCUT2D eigenvalue weighted by atomic mass is 35.5. The van der Waals surface area contributed by atoms with Gasteiger partial charge in [0.05, 0.1) is 28.8 Å². The number of hydrogen-bond acceptors (Lipinski definition) is 5. The molecule has 0 spiro atoms. The van der Waals surface area contributed by atoms with E-state index in [0.717, 1.165) is 22.6 Å². The number of aryl methyl sites for hydroxylation is 1. The first-order chi connectivity index (χ1) is 16.5. The molecule has 6 nitrogen and oxygen atoms in total. The number of furan rings is 3. The van der Waals surface area contributed by atoms with Gasteiger partial charge in [0.2, 0.25) is 5.88 Å². The van der Waals surface area contributed by atoms with E-state index in [9.17, 15) is 5.26 Å². The number of halogens is 2. The Morgan fingerprint density at radius 3 is 2.38 bits per heavy atom. The second-order valence-electron chi connectivity index (χ2n) is 7.57. The van der Waals surface area contributed by atoms with Gasteiger partial charge in [-0.15, -0.1) is 0 Å². The number of nitrogens with zero attached hydrogens (tertiary/aromatic N) is 3. The minimum atomic E-state index is 0.162. The van der Waals surface area contributed by atoms with E-state index in [1.807, 2.05) is 30.5 Å². The van der Waals surface area contributed by atoms with Gasteiger partial charge in [-0.25, -0.2) is 4.99 Å². The lowest BCUT2D eigenvalue weighted by molar-refractivity contribution is 0.527. The van der Waals surface area contributed by atoms with Crippen molar-refractivity contribution in [3.63, 3.8) is 0 Å². The highest BCUT2D eigenvalue weighted by Crippen LogP contribution is 2.43. The molecule has 168 valence electrons. The summed E-state index contributed by atoms with van der Waals surface area (Å²) >= 11 is 12.5. The summed E-state index contributed by atoms with van der Waals surface area (Å²) < 4.78 is 19.1. The second kappa shape index (κ2) is 8.79. The molecule has 4 heterocycles. The molecule has 0 aliphatic carbocycles. The summed E-state index contributed by atoms with van der Waals surface area (Å²) in [6.07, 6.45) is 4.74. The van der Waals surface area contributed by atoms with Crippen molar-refractivity contribution in [1.29, 1.82) is 5.26 Å². The van der Waals surface area contributed by atoms with Gasteiger partial charge in [-0.3, -0.25) is 0 Å². The molecular formula is C26H17Cl2N3O3. The maximum atomic E-state index is 9.92. The van der Waals surface area contributed by atoms with E-state index >= 15 is 0 Å². The Morgan fingerprint density at radius 2 is 1.74 bits per heavy atom. The standard InChI is InChI=1S/C26H17Cl2N3O3/c1-15-11-17(16(2)31(15)21-8-7-18(27)12-20(21)28)14-30-26-19(13-29)24(22-5-3-9-32-22)25(34-26)23-6-4-10-33-23/h3-12,14H,1-2H3. The SMILES string of the molecule is Cc1cc(C=Nc2oc(-c3ccco3)c(-c3ccco3)c2C#N)c(C)n1-c1ccc(Cl)cc1Cl. The Morgan fingerprint density at radius 1 is 1.00 bits per heavy atom. The van der Waals surface area contributed by atoms with Crippen LogP contribution in [0.3, 0.4) is 0 Å². The van der Waals surface area contributed by atoms with Gasteiger partial charge in [0.25, 0.3) is 0 Å². The van der Waals surface area contributed by atoms with Gasteiger partial charge in [0, 0.05) is 28.2 Å². The molecule has 8 heteroatoms. The van der Waals surface area contributed by atoms with Crippen LogP contribution in [0.25, 0.3) is 28.5 Å². The monoisotopic (exact) mass is 489 g/mol. The number of hydrogen-bond donors (Lipinski definition) is 0. The van der Waals surface area contributed by atoms with E-state index in [1.165, 1.54) is 12.5 Å². The normalized spacial score (nSPS) is 11.4. The van der Waals surface area contributed by atoms with Gasteiger partial charge < -0.3 is 17.8 Å². The molecule has 0 aliphatic rings. The number of aromatic nitrogens is 1. The van der Waals surface area contributed by atoms with Crippen LogP contribution in [-0.4, -0.2) is 10.8 Å². The van der Waals surface area contributed by atoms with Gasteiger partial charge in [-0.1, -0.05) is 23.2 Å². The Balaban J connectivity index is 1.60. The fourth-order valence-electron chi connectivity index (χ4n) is 3.93. The zero-order valence-corrected chi connectivity index (χ0v) is 19.7. The summed E-state index contributed by atoms with van der Waals surface area (Å²) in [5.74, 6) is 1.50. The van der Waals surface area contributed by atoms with Crippen LogP contribution in [0.4, 0.5) is 5.88 Å². The van der Waals surface area contributed by atoms with Crippen LogP contribution in [0.1, 0.15) is 22.5 Å². The molecule has 0 amide bonds. The van der Waals surface area contributed by atoms with Crippen molar-refractivity contribution in [3.05, 3.63) is 93.6 Å². The Labute approximate surface area is 205 Å². The van der Waals surface area contributed by atoms with E-state index < -0.39 is 0 Å². The van der Waals surface area contributed by atoms with Crippen molar-refractivity contribution in [3.8, 4) is 34.6 Å². The zero-order valence-electron chi connectivity index (χ0n) is 18.2. The lowest BCUT2D eigenvalue weighted by Gasteiger charge is -2.11. The van der Waals surface area contributed by atoms with E-state index in [2.05, 4.69) is 11.1 Å². The van der Waals surface area contributed by atoms with Gasteiger partial charge in [-0.2, -0.15) is 5.26 Å². The van der Waals surface area contributed by atoms with Crippen LogP contribution < -0.4 is 0 Å². The maximum Gasteiger partial charge on any atom is 0.238 e. The molecule has 0 saturated carbocycles. The molecule has 0 bridgehead atoms. The minimum Gasteiger partial charge on any atom is -0.464 e. The number of nitriles is 1. The van der Waals surface area contributed by atoms with Crippen LogP contribution in [0.2, 0.25) is 10.0 Å². The highest BCUT2D eigenvalue weighted by Gasteiger charge is 2.26. The summed E-state index contributed by atoms with van der Waals surface area (Å²) in [6.45, 7) is 3.95. The fourth-order valence-corrected chi connectivity index (χ4v) is 4.42. The Bertz CT molecular complexity index is 1550. The van der Waals surface area contributed by atoms with Gasteiger partial charge in [0.1, 0.15) is 17.4 Å². The summed E-state index contributed by atoms with van der Waals surface area (Å²) in [6, 6.07) is 16.6. The molecule has 0 N–H and O–H groups in total. The van der Waals surface area contributed by atoms with Crippen LogP contribution in [0.5, 0.6) is 0 Å². The van der Waals surface area contributed by atoms with E-state index in [1.54, 1.807) is 42.6 Å². The van der Waals surface area contributed by atoms with Gasteiger partial charge in [-0.05, 0) is 62.4 Å². The van der Waals surface area contributed by atoms with Crippen LogP contribution in [-0.2, 0) is 0 Å². The lowest BCUT2D eigenvalue weighted by Crippen LogP contribution is -2.00. The van der Waals surface area contributed by atoms with Gasteiger partial charge >= 0.3 is 0 Å². The molecule has 0 aliphatic heterocycles. The molecule has 34 heavy (non-hydrogen) atoms. The molecule has 0 fully saturated rings. The van der Waals surface area contributed by atoms with Crippen LogP contribution >= 0.6 is 23.2 Å². The summed E-state index contributed by atoms with van der Waals surface area (Å²) in [5, 5.41) is 11.0. The average molecular weight is 490 g/mol. The lowest BCUT2D eigenvalue weighted by atomic mass is 10.1. The van der Waals surface area contributed by atoms with Crippen molar-refractivity contribution >= 4 is 35.3 Å². The van der Waals surface area contributed by atoms with E-state index in [0.29, 0.717) is 32.9 Å². The molecule has 1 aromatic carbocycles. The Hall–Kier alpha value is -3.92. The zero-order chi connectivity index (χ0) is 23.8. The topological polar surface area (TPSA) is 80.5 Å². The first-order valence-electron chi connectivity index (χ1n) is 10.3. The quantitative estimate of drug-likeness (QED) is 0.233. The first-order valence-corrected chi connectivity index (χ1v) is 11.1. The third-order valence-electron chi connectivity index (χ3n) is 5.46. The predicted octanol–water partition coefficient (Wildman–Crippen LogP) is 8.14. The molecular weight excluding hydrogens is 473 g/mol. The largest absolute Gasteiger partial charge is 0.464 e. The van der Waals surface area contributed by atoms with Crippen molar-refractivity contribution in [1.82, 2.24) is 4.57 Å². The van der Waals surface area contributed by atoms with Crippen molar-refractivity contribution in [2.24, 2.45) is 4.99 Å². The number of benzene rings is 1. The minimum absolute atomic E-state index is 0.162. The molecule has 5 aromatic rings. The smallest absolute Gasteiger partial charge is 0.238 e. The molecule has 4 aromatic heterocycles. The molecule has 5 rings (SSSR count). The number of aliphatic imine (C=N–C) groups is 1. The second-order valence-corrected chi connectivity index (χ2v) is 8.41. The van der Waals surface area contributed by atoms with Gasteiger partial charge in [0.15, 0.2) is 11.5 Å². The summed E-state index contributed by atoms with van der Waals surface area (Å²) in [5.41, 5.74) is 4.31. The van der Waals surface area contributed by atoms with E-state index in [-0.39, 0.29) is 11.4 Å². The third-order valence-corrected chi connectivity index (χ3v) is 5.99. The predicted molar refractivity (Wildman–Crippen MR) is 131 cm³/mol. The van der Waals surface area contributed by atoms with Crippen LogP contribution in [0.15, 0.2) is 79.3 Å². The average Bonchev–Trinajstić information content (AvgIpc) is 3.60. The fraction of sp³-hybridized carbons (Fsp3) is 0.0769. The van der Waals surface area contributed by atoms with Crippen molar-refractivity contribution in [2.45, 2.75) is 13.8 Å². The molecule has 0 atom stereocenters. The van der Waals surface area contributed by atoms with Crippen LogP contribution in [0, 0.1) is 25.2 Å². The third kappa shape index (κ3) is 3.75. The number of rotatable bonds is 5. The molecule has 0 radical (unpaired) electrons. The summed E-state index contributed by atoms with van der Waals surface area (Å²) in [4.78, 5) is 4.53.